The maximum Gasteiger partial charge on any atom is 0.279 e. The molecule has 1 fully saturated rings. The Morgan fingerprint density at radius 2 is 1.73 bits per heavy atom. The van der Waals surface area contributed by atoms with Gasteiger partial charge in [0.2, 0.25) is 5.91 Å². The van der Waals surface area contributed by atoms with E-state index in [1.165, 1.54) is 29.2 Å². The molecular formula is C22H23FN4O2S. The van der Waals surface area contributed by atoms with E-state index >= 15 is 0 Å². The Morgan fingerprint density at radius 1 is 0.967 bits per heavy atom. The molecule has 0 radical (unpaired) electrons. The molecule has 30 heavy (non-hydrogen) atoms. The van der Waals surface area contributed by atoms with Crippen LogP contribution in [0.1, 0.15) is 16.1 Å². The van der Waals surface area contributed by atoms with Gasteiger partial charge in [0.1, 0.15) is 5.82 Å². The maximum atomic E-state index is 13.8. The van der Waals surface area contributed by atoms with E-state index < -0.39 is 5.91 Å². The van der Waals surface area contributed by atoms with Crippen molar-refractivity contribution in [3.8, 4) is 0 Å². The molecule has 0 spiro atoms. The van der Waals surface area contributed by atoms with Crippen molar-refractivity contribution in [3.63, 3.8) is 0 Å². The first-order valence-corrected chi connectivity index (χ1v) is 10.7. The molecule has 1 saturated heterocycles. The third-order valence-corrected chi connectivity index (χ3v) is 6.30. The molecule has 6 nitrogen and oxygen atoms in total. The van der Waals surface area contributed by atoms with E-state index in [-0.39, 0.29) is 11.7 Å². The van der Waals surface area contributed by atoms with Crippen LogP contribution in [0.15, 0.2) is 54.6 Å². The Hall–Kier alpha value is -2.97. The van der Waals surface area contributed by atoms with Gasteiger partial charge in [-0.05, 0) is 30.3 Å². The molecule has 4 rings (SSSR count). The summed E-state index contributed by atoms with van der Waals surface area (Å²) in [4.78, 5) is 29.3. The van der Waals surface area contributed by atoms with Gasteiger partial charge in [-0.1, -0.05) is 24.3 Å². The molecule has 2 N–H and O–H groups in total. The number of para-hydroxylation sites is 1. The minimum Gasteiger partial charge on any atom is -0.369 e. The summed E-state index contributed by atoms with van der Waals surface area (Å²) in [5.74, 6) is -1.05. The minimum atomic E-state index is -0.444. The van der Waals surface area contributed by atoms with Crippen LogP contribution in [-0.2, 0) is 4.79 Å². The Kier molecular flexibility index (Phi) is 6.25. The molecule has 2 aromatic carbocycles. The number of nitrogens with one attached hydrogen (secondary N) is 2. The van der Waals surface area contributed by atoms with Crippen LogP contribution in [-0.4, -0.2) is 49.4 Å². The van der Waals surface area contributed by atoms with Crippen molar-refractivity contribution in [2.45, 2.75) is 6.42 Å². The van der Waals surface area contributed by atoms with Crippen LogP contribution in [0, 0.1) is 5.82 Å². The van der Waals surface area contributed by atoms with Gasteiger partial charge in [-0.3, -0.25) is 25.3 Å². The van der Waals surface area contributed by atoms with Crippen molar-refractivity contribution in [2.75, 3.05) is 37.6 Å². The number of hydrazine groups is 1. The molecule has 0 aliphatic carbocycles. The number of fused-ring (bicyclic) bond motifs is 1. The largest absolute Gasteiger partial charge is 0.369 e. The number of anilines is 1. The number of hydrogen-bond acceptors (Lipinski definition) is 5. The molecule has 1 aromatic heterocycles. The van der Waals surface area contributed by atoms with Crippen LogP contribution in [0.5, 0.6) is 0 Å². The van der Waals surface area contributed by atoms with Crippen LogP contribution >= 0.6 is 11.3 Å². The normalized spacial score (nSPS) is 14.6. The zero-order valence-electron chi connectivity index (χ0n) is 16.4. The number of nitrogens with zero attached hydrogens (tertiary/aromatic N) is 2. The highest BCUT2D eigenvalue weighted by molar-refractivity contribution is 7.20. The fraction of sp³-hybridized carbons (Fsp3) is 0.273. The summed E-state index contributed by atoms with van der Waals surface area (Å²) in [5, 5.41) is 0.411. The molecule has 1 aliphatic rings. The zero-order valence-corrected chi connectivity index (χ0v) is 17.3. The van der Waals surface area contributed by atoms with Crippen molar-refractivity contribution < 1.29 is 14.0 Å². The summed E-state index contributed by atoms with van der Waals surface area (Å²) >= 11 is 1.19. The quantitative estimate of drug-likeness (QED) is 0.616. The van der Waals surface area contributed by atoms with Gasteiger partial charge in [-0.15, -0.1) is 11.3 Å². The van der Waals surface area contributed by atoms with Crippen LogP contribution in [0.25, 0.3) is 10.1 Å². The summed E-state index contributed by atoms with van der Waals surface area (Å²) in [6, 6.07) is 16.5. The predicted octanol–water partition coefficient (Wildman–Crippen LogP) is 3.01. The Balaban J connectivity index is 1.20. The highest BCUT2D eigenvalue weighted by Crippen LogP contribution is 2.27. The monoisotopic (exact) mass is 426 g/mol. The van der Waals surface area contributed by atoms with Crippen LogP contribution in [0.3, 0.4) is 0 Å². The first-order chi connectivity index (χ1) is 14.6. The van der Waals surface area contributed by atoms with E-state index in [1.807, 2.05) is 18.2 Å². The lowest BCUT2D eigenvalue weighted by Gasteiger charge is -2.36. The number of rotatable bonds is 5. The summed E-state index contributed by atoms with van der Waals surface area (Å²) in [6.07, 6.45) is 0.298. The number of halogens is 1. The number of amides is 2. The molecule has 0 unspecified atom stereocenters. The summed E-state index contributed by atoms with van der Waals surface area (Å²) < 4.78 is 14.5. The molecule has 2 heterocycles. The molecule has 0 bridgehead atoms. The third kappa shape index (κ3) is 4.77. The molecule has 0 saturated carbocycles. The predicted molar refractivity (Wildman–Crippen MR) is 117 cm³/mol. The van der Waals surface area contributed by atoms with Gasteiger partial charge in [0.15, 0.2) is 0 Å². The van der Waals surface area contributed by atoms with Gasteiger partial charge >= 0.3 is 0 Å². The summed E-state index contributed by atoms with van der Waals surface area (Å²) in [7, 11) is 0. The number of carbonyl (C=O) groups is 2. The number of thiophene rings is 1. The van der Waals surface area contributed by atoms with E-state index in [0.29, 0.717) is 27.9 Å². The van der Waals surface area contributed by atoms with Crippen molar-refractivity contribution in [1.29, 1.82) is 0 Å². The smallest absolute Gasteiger partial charge is 0.279 e. The fourth-order valence-corrected chi connectivity index (χ4v) is 4.49. The van der Waals surface area contributed by atoms with Gasteiger partial charge < -0.3 is 4.90 Å². The lowest BCUT2D eigenvalue weighted by molar-refractivity contribution is -0.122. The average molecular weight is 427 g/mol. The first kappa shape index (κ1) is 20.3. The van der Waals surface area contributed by atoms with Crippen molar-refractivity contribution >= 4 is 38.9 Å². The number of benzene rings is 2. The number of carbonyl (C=O) groups excluding carboxylic acids is 2. The molecular weight excluding hydrogens is 403 g/mol. The molecule has 0 atom stereocenters. The first-order valence-electron chi connectivity index (χ1n) is 9.90. The van der Waals surface area contributed by atoms with E-state index in [4.69, 9.17) is 0 Å². The molecule has 8 heteroatoms. The van der Waals surface area contributed by atoms with E-state index in [0.717, 1.165) is 26.2 Å². The molecule has 2 amide bonds. The highest BCUT2D eigenvalue weighted by Gasteiger charge is 2.18. The second kappa shape index (κ2) is 9.23. The molecule has 156 valence electrons. The fourth-order valence-electron chi connectivity index (χ4n) is 3.52. The average Bonchev–Trinajstić information content (AvgIpc) is 3.23. The summed E-state index contributed by atoms with van der Waals surface area (Å²) in [6.45, 7) is 4.26. The van der Waals surface area contributed by atoms with Crippen LogP contribution < -0.4 is 15.8 Å². The maximum absolute atomic E-state index is 13.8. The molecule has 3 aromatic rings. The topological polar surface area (TPSA) is 64.7 Å². The lowest BCUT2D eigenvalue weighted by Crippen LogP contribution is -2.48. The van der Waals surface area contributed by atoms with Crippen molar-refractivity contribution in [3.05, 3.63) is 65.3 Å². The number of hydrogen-bond donors (Lipinski definition) is 2. The van der Waals surface area contributed by atoms with Crippen molar-refractivity contribution in [2.24, 2.45) is 0 Å². The zero-order chi connectivity index (χ0) is 20.9. The summed E-state index contributed by atoms with van der Waals surface area (Å²) in [5.41, 5.74) is 6.09. The van der Waals surface area contributed by atoms with Gasteiger partial charge in [0.05, 0.1) is 4.88 Å². The van der Waals surface area contributed by atoms with Gasteiger partial charge in [0.25, 0.3) is 5.91 Å². The van der Waals surface area contributed by atoms with E-state index in [9.17, 15) is 14.0 Å². The van der Waals surface area contributed by atoms with Crippen molar-refractivity contribution in [1.82, 2.24) is 15.8 Å². The van der Waals surface area contributed by atoms with Gasteiger partial charge in [-0.2, -0.15) is 0 Å². The second-order valence-electron chi connectivity index (χ2n) is 7.18. The van der Waals surface area contributed by atoms with Crippen LogP contribution in [0.4, 0.5) is 10.1 Å². The molecule has 1 aliphatic heterocycles. The lowest BCUT2D eigenvalue weighted by atomic mass is 10.2. The Morgan fingerprint density at radius 3 is 2.47 bits per heavy atom. The SMILES string of the molecule is O=C(CCN1CCN(c2ccccc2)CC1)NNC(=O)c1cc2c(F)cccc2s1. The van der Waals surface area contributed by atoms with Crippen LogP contribution in [0.2, 0.25) is 0 Å². The van der Waals surface area contributed by atoms with Gasteiger partial charge in [-0.25, -0.2) is 4.39 Å². The standard InChI is InChI=1S/C22H23FN4O2S/c23-18-7-4-8-19-17(18)15-20(30-19)22(29)25-24-21(28)9-10-26-11-13-27(14-12-26)16-5-2-1-3-6-16/h1-8,15H,9-14H2,(H,24,28)(H,25,29). The Labute approximate surface area is 178 Å². The van der Waals surface area contributed by atoms with E-state index in [2.05, 4.69) is 32.8 Å². The second-order valence-corrected chi connectivity index (χ2v) is 8.26. The Bertz CT molecular complexity index is 1030. The van der Waals surface area contributed by atoms with Gasteiger partial charge in [0, 0.05) is 54.9 Å². The minimum absolute atomic E-state index is 0.249. The third-order valence-electron chi connectivity index (χ3n) is 5.20. The van der Waals surface area contributed by atoms with E-state index in [1.54, 1.807) is 12.1 Å². The number of piperazine rings is 1. The highest BCUT2D eigenvalue weighted by atomic mass is 32.1.